The summed E-state index contributed by atoms with van der Waals surface area (Å²) < 4.78 is 0. The first kappa shape index (κ1) is 21.8. The van der Waals surface area contributed by atoms with Crippen molar-refractivity contribution in [1.82, 2.24) is 5.32 Å². The van der Waals surface area contributed by atoms with Gasteiger partial charge in [-0.1, -0.05) is 30.3 Å². The maximum Gasteiger partial charge on any atom is 0.275 e. The van der Waals surface area contributed by atoms with E-state index in [0.29, 0.717) is 6.54 Å². The third-order valence-electron chi connectivity index (χ3n) is 5.99. The zero-order valence-electron chi connectivity index (χ0n) is 18.5. The molecule has 2 aromatic carbocycles. The highest BCUT2D eigenvalue weighted by atomic mass is 16.2. The Balaban J connectivity index is 1.43. The lowest BCUT2D eigenvalue weighted by atomic mass is 10.1. The number of aryl methyl sites for hydroxylation is 3. The van der Waals surface area contributed by atoms with Crippen molar-refractivity contribution in [3.8, 4) is 0 Å². The van der Waals surface area contributed by atoms with E-state index in [1.54, 1.807) is 0 Å². The molecule has 0 aromatic heterocycles. The summed E-state index contributed by atoms with van der Waals surface area (Å²) >= 11 is 0. The maximum absolute atomic E-state index is 12.3. The molecule has 0 bridgehead atoms. The summed E-state index contributed by atoms with van der Waals surface area (Å²) in [6.07, 6.45) is 0. The van der Waals surface area contributed by atoms with Crippen molar-refractivity contribution >= 4 is 23.2 Å². The van der Waals surface area contributed by atoms with Crippen LogP contribution in [0.1, 0.15) is 22.3 Å². The SMILES string of the molecule is Cc1cccc(N2CC[NH+](CC(=O)NCC(=O)Nc3c(C)cccc3C)CC2)c1C. The van der Waals surface area contributed by atoms with Gasteiger partial charge in [0, 0.05) is 11.4 Å². The Kier molecular flexibility index (Phi) is 7.11. The second-order valence-electron chi connectivity index (χ2n) is 8.22. The first-order valence-electron chi connectivity index (χ1n) is 10.6. The van der Waals surface area contributed by atoms with Crippen LogP contribution in [-0.2, 0) is 9.59 Å². The summed E-state index contributed by atoms with van der Waals surface area (Å²) in [6.45, 7) is 12.3. The molecule has 6 nitrogen and oxygen atoms in total. The van der Waals surface area contributed by atoms with E-state index in [1.165, 1.54) is 21.7 Å². The van der Waals surface area contributed by atoms with Gasteiger partial charge in [-0.2, -0.15) is 0 Å². The molecule has 0 saturated carbocycles. The lowest BCUT2D eigenvalue weighted by Crippen LogP contribution is -3.16. The van der Waals surface area contributed by atoms with Crippen LogP contribution in [0.4, 0.5) is 11.4 Å². The second kappa shape index (κ2) is 9.76. The van der Waals surface area contributed by atoms with Crippen LogP contribution in [0.2, 0.25) is 0 Å². The van der Waals surface area contributed by atoms with Crippen molar-refractivity contribution in [2.75, 3.05) is 49.5 Å². The molecule has 3 rings (SSSR count). The number of benzene rings is 2. The Bertz CT molecular complexity index is 897. The Morgan fingerprint density at radius 1 is 0.900 bits per heavy atom. The van der Waals surface area contributed by atoms with Gasteiger partial charge < -0.3 is 20.4 Å². The van der Waals surface area contributed by atoms with E-state index < -0.39 is 0 Å². The van der Waals surface area contributed by atoms with Crippen LogP contribution < -0.4 is 20.4 Å². The number of amides is 2. The summed E-state index contributed by atoms with van der Waals surface area (Å²) in [5.41, 5.74) is 6.78. The van der Waals surface area contributed by atoms with Crippen molar-refractivity contribution in [3.63, 3.8) is 0 Å². The Morgan fingerprint density at radius 2 is 1.50 bits per heavy atom. The van der Waals surface area contributed by atoms with E-state index in [2.05, 4.69) is 47.6 Å². The minimum atomic E-state index is -0.199. The number of quaternary nitrogens is 1. The van der Waals surface area contributed by atoms with Gasteiger partial charge in [0.05, 0.1) is 32.7 Å². The van der Waals surface area contributed by atoms with E-state index >= 15 is 0 Å². The van der Waals surface area contributed by atoms with E-state index in [0.717, 1.165) is 43.0 Å². The molecule has 1 saturated heterocycles. The molecule has 3 N–H and O–H groups in total. The van der Waals surface area contributed by atoms with Gasteiger partial charge in [0.25, 0.3) is 5.91 Å². The molecule has 0 atom stereocenters. The molecular weight excluding hydrogens is 376 g/mol. The van der Waals surface area contributed by atoms with E-state index in [9.17, 15) is 9.59 Å². The Morgan fingerprint density at radius 3 is 2.17 bits per heavy atom. The van der Waals surface area contributed by atoms with Crippen LogP contribution in [0.25, 0.3) is 0 Å². The van der Waals surface area contributed by atoms with Crippen molar-refractivity contribution < 1.29 is 14.5 Å². The fourth-order valence-electron chi connectivity index (χ4n) is 3.98. The third kappa shape index (κ3) is 5.39. The van der Waals surface area contributed by atoms with Crippen LogP contribution in [0.15, 0.2) is 36.4 Å². The van der Waals surface area contributed by atoms with E-state index in [1.807, 2.05) is 32.0 Å². The third-order valence-corrected chi connectivity index (χ3v) is 5.99. The molecule has 30 heavy (non-hydrogen) atoms. The Hall–Kier alpha value is -2.86. The Labute approximate surface area is 179 Å². The van der Waals surface area contributed by atoms with E-state index in [-0.39, 0.29) is 18.4 Å². The molecule has 0 radical (unpaired) electrons. The molecule has 1 fully saturated rings. The van der Waals surface area contributed by atoms with Crippen LogP contribution in [0, 0.1) is 27.7 Å². The van der Waals surface area contributed by atoms with Crippen LogP contribution in [0.5, 0.6) is 0 Å². The summed E-state index contributed by atoms with van der Waals surface area (Å²) in [6, 6.07) is 12.3. The topological polar surface area (TPSA) is 65.9 Å². The average molecular weight is 410 g/mol. The van der Waals surface area contributed by atoms with Gasteiger partial charge in [0.1, 0.15) is 0 Å². The quantitative estimate of drug-likeness (QED) is 0.675. The maximum atomic E-state index is 12.3. The van der Waals surface area contributed by atoms with Gasteiger partial charge >= 0.3 is 0 Å². The van der Waals surface area contributed by atoms with Gasteiger partial charge in [0.2, 0.25) is 5.91 Å². The highest BCUT2D eigenvalue weighted by Gasteiger charge is 2.23. The smallest absolute Gasteiger partial charge is 0.275 e. The van der Waals surface area contributed by atoms with Gasteiger partial charge in [0.15, 0.2) is 6.54 Å². The number of nitrogens with zero attached hydrogens (tertiary/aromatic N) is 1. The lowest BCUT2D eigenvalue weighted by molar-refractivity contribution is -0.892. The number of carbonyl (C=O) groups is 2. The number of nitrogens with one attached hydrogen (secondary N) is 3. The fraction of sp³-hybridized carbons (Fsp3) is 0.417. The van der Waals surface area contributed by atoms with Crippen molar-refractivity contribution in [1.29, 1.82) is 0 Å². The fourth-order valence-corrected chi connectivity index (χ4v) is 3.98. The lowest BCUT2D eigenvalue weighted by Gasteiger charge is -2.34. The van der Waals surface area contributed by atoms with Crippen LogP contribution in [0.3, 0.4) is 0 Å². The van der Waals surface area contributed by atoms with Crippen molar-refractivity contribution in [3.05, 3.63) is 58.7 Å². The molecule has 2 aromatic rings. The second-order valence-corrected chi connectivity index (χ2v) is 8.22. The number of para-hydroxylation sites is 1. The predicted molar refractivity (Wildman–Crippen MR) is 121 cm³/mol. The number of carbonyl (C=O) groups excluding carboxylic acids is 2. The van der Waals surface area contributed by atoms with Crippen LogP contribution in [-0.4, -0.2) is 51.1 Å². The zero-order valence-corrected chi connectivity index (χ0v) is 18.5. The molecule has 0 aliphatic carbocycles. The van der Waals surface area contributed by atoms with Gasteiger partial charge in [-0.3, -0.25) is 9.59 Å². The molecule has 1 aliphatic heterocycles. The van der Waals surface area contributed by atoms with Crippen LogP contribution >= 0.6 is 0 Å². The predicted octanol–water partition coefficient (Wildman–Crippen LogP) is 1.38. The van der Waals surface area contributed by atoms with Gasteiger partial charge in [-0.15, -0.1) is 0 Å². The molecule has 160 valence electrons. The molecule has 1 heterocycles. The molecule has 1 aliphatic rings. The van der Waals surface area contributed by atoms with Gasteiger partial charge in [-0.25, -0.2) is 0 Å². The van der Waals surface area contributed by atoms with E-state index in [4.69, 9.17) is 0 Å². The number of hydrogen-bond acceptors (Lipinski definition) is 3. The molecule has 0 spiro atoms. The van der Waals surface area contributed by atoms with Crippen molar-refractivity contribution in [2.24, 2.45) is 0 Å². The van der Waals surface area contributed by atoms with Gasteiger partial charge in [-0.05, 0) is 56.0 Å². The molecule has 6 heteroatoms. The summed E-state index contributed by atoms with van der Waals surface area (Å²) in [4.78, 5) is 28.2. The summed E-state index contributed by atoms with van der Waals surface area (Å²) in [5, 5.41) is 5.67. The first-order valence-corrected chi connectivity index (χ1v) is 10.6. The number of anilines is 2. The molecule has 0 unspecified atom stereocenters. The summed E-state index contributed by atoms with van der Waals surface area (Å²) in [7, 11) is 0. The molecular formula is C24H33N4O2+. The summed E-state index contributed by atoms with van der Waals surface area (Å²) in [5.74, 6) is -0.280. The first-order chi connectivity index (χ1) is 14.3. The number of rotatable bonds is 6. The highest BCUT2D eigenvalue weighted by molar-refractivity contribution is 5.95. The largest absolute Gasteiger partial charge is 0.360 e. The standard InChI is InChI=1S/C24H32N4O2/c1-17-7-6-10-21(20(17)4)28-13-11-27(12-14-28)16-23(30)25-15-22(29)26-24-18(2)8-5-9-19(24)3/h5-10H,11-16H2,1-4H3,(H,25,30)(H,26,29)/p+1. The normalized spacial score (nSPS) is 14.5. The zero-order chi connectivity index (χ0) is 21.7. The average Bonchev–Trinajstić information content (AvgIpc) is 2.72. The molecule has 2 amide bonds. The highest BCUT2D eigenvalue weighted by Crippen LogP contribution is 2.22. The van der Waals surface area contributed by atoms with Crippen molar-refractivity contribution in [2.45, 2.75) is 27.7 Å². The minimum Gasteiger partial charge on any atom is -0.360 e. The number of hydrogen-bond donors (Lipinski definition) is 3. The monoisotopic (exact) mass is 409 g/mol. The number of piperazine rings is 1. The minimum absolute atomic E-state index is 0.00546.